The number of nitrogens with one attached hydrogen (secondary N) is 2. The maximum absolute atomic E-state index is 12.4. The van der Waals surface area contributed by atoms with Crippen molar-refractivity contribution in [3.63, 3.8) is 0 Å². The normalized spacial score (nSPS) is 10.5. The largest absolute Gasteiger partial charge is 0.506 e. The average Bonchev–Trinajstić information content (AvgIpc) is 2.91. The molecule has 0 heterocycles. The van der Waals surface area contributed by atoms with E-state index in [0.717, 1.165) is 11.1 Å². The number of para-hydroxylation sites is 2. The van der Waals surface area contributed by atoms with E-state index in [-0.39, 0.29) is 36.1 Å². The van der Waals surface area contributed by atoms with E-state index in [1.54, 1.807) is 72.8 Å². The van der Waals surface area contributed by atoms with Gasteiger partial charge in [0, 0.05) is 0 Å². The molecule has 0 unspecified atom stereocenters. The summed E-state index contributed by atoms with van der Waals surface area (Å²) in [6.45, 7) is -0.575. The number of rotatable bonds is 10. The van der Waals surface area contributed by atoms with Gasteiger partial charge in [0.2, 0.25) is 0 Å². The average molecular weight is 567 g/mol. The summed E-state index contributed by atoms with van der Waals surface area (Å²) in [5.74, 6) is -0.410. The van der Waals surface area contributed by atoms with Crippen LogP contribution >= 0.6 is 23.2 Å². The molecule has 0 aromatic heterocycles. The molecule has 0 spiro atoms. The lowest BCUT2D eigenvalue weighted by molar-refractivity contribution is -0.118. The van der Waals surface area contributed by atoms with E-state index in [9.17, 15) is 19.8 Å². The van der Waals surface area contributed by atoms with Crippen LogP contribution in [0.3, 0.4) is 0 Å². The van der Waals surface area contributed by atoms with Gasteiger partial charge in [-0.25, -0.2) is 0 Å². The van der Waals surface area contributed by atoms with Crippen molar-refractivity contribution in [2.45, 2.75) is 6.42 Å². The molecule has 0 saturated heterocycles. The second kappa shape index (κ2) is 12.9. The Kier molecular flexibility index (Phi) is 9.14. The van der Waals surface area contributed by atoms with Gasteiger partial charge in [-0.05, 0) is 66.1 Å². The van der Waals surface area contributed by atoms with Crippen LogP contribution in [0, 0.1) is 0 Å². The molecule has 0 aliphatic rings. The van der Waals surface area contributed by atoms with E-state index in [2.05, 4.69) is 10.6 Å². The Morgan fingerprint density at radius 3 is 1.72 bits per heavy atom. The van der Waals surface area contributed by atoms with Gasteiger partial charge < -0.3 is 30.3 Å². The molecule has 10 heteroatoms. The van der Waals surface area contributed by atoms with Gasteiger partial charge in [0.05, 0.1) is 21.4 Å². The number of carbonyl (C=O) groups excluding carboxylic acids is 2. The maximum atomic E-state index is 12.4. The number of carbonyl (C=O) groups is 2. The van der Waals surface area contributed by atoms with Gasteiger partial charge in [-0.15, -0.1) is 0 Å². The zero-order valence-electron chi connectivity index (χ0n) is 20.5. The van der Waals surface area contributed by atoms with Crippen molar-refractivity contribution in [3.05, 3.63) is 106 Å². The third-order valence-electron chi connectivity index (χ3n) is 5.47. The van der Waals surface area contributed by atoms with Gasteiger partial charge in [-0.2, -0.15) is 0 Å². The lowest BCUT2D eigenvalue weighted by Gasteiger charge is -2.12. The minimum atomic E-state index is -0.473. The fourth-order valence-corrected chi connectivity index (χ4v) is 3.99. The molecular formula is C29H24Cl2N2O6. The summed E-state index contributed by atoms with van der Waals surface area (Å²) in [6.07, 6.45) is 0.386. The first-order valence-electron chi connectivity index (χ1n) is 11.8. The van der Waals surface area contributed by atoms with E-state index in [1.165, 1.54) is 12.1 Å². The van der Waals surface area contributed by atoms with E-state index in [1.807, 2.05) is 0 Å². The Balaban J connectivity index is 1.33. The summed E-state index contributed by atoms with van der Waals surface area (Å²) >= 11 is 12.1. The number of amides is 2. The zero-order valence-corrected chi connectivity index (χ0v) is 22.0. The summed E-state index contributed by atoms with van der Waals surface area (Å²) in [5.41, 5.74) is 1.94. The Morgan fingerprint density at radius 1 is 0.641 bits per heavy atom. The van der Waals surface area contributed by atoms with Gasteiger partial charge in [0.25, 0.3) is 11.8 Å². The molecule has 0 aliphatic heterocycles. The molecule has 4 rings (SSSR count). The number of hydrogen-bond donors (Lipinski definition) is 4. The standard InChI is InChI=1S/C29H24Cl2N2O6/c30-20-5-1-3-7-26(20)38-16-28(36)32-22-11-9-19(15-25(22)35)13-18-10-12-24(34)23(14-18)33-29(37)17-39-27-8-4-2-6-21(27)31/h1-12,14-15,34-35H,13,16-17H2,(H,32,36)(H,33,37). The fraction of sp³-hybridized carbons (Fsp3) is 0.103. The van der Waals surface area contributed by atoms with Gasteiger partial charge in [-0.3, -0.25) is 9.59 Å². The van der Waals surface area contributed by atoms with Crippen LogP contribution in [0.25, 0.3) is 0 Å². The first kappa shape index (κ1) is 27.6. The first-order chi connectivity index (χ1) is 18.8. The minimum absolute atomic E-state index is 0.107. The molecule has 4 aromatic carbocycles. The van der Waals surface area contributed by atoms with Crippen molar-refractivity contribution in [2.75, 3.05) is 23.8 Å². The smallest absolute Gasteiger partial charge is 0.262 e. The molecule has 0 fully saturated rings. The van der Waals surface area contributed by atoms with Gasteiger partial charge in [0.1, 0.15) is 23.0 Å². The van der Waals surface area contributed by atoms with Crippen LogP contribution in [0.15, 0.2) is 84.9 Å². The molecule has 0 bridgehead atoms. The number of anilines is 2. The molecule has 0 atom stereocenters. The van der Waals surface area contributed by atoms with Crippen molar-refractivity contribution >= 4 is 46.4 Å². The number of phenols is 2. The third-order valence-corrected chi connectivity index (χ3v) is 6.09. The molecule has 0 saturated carbocycles. The topological polar surface area (TPSA) is 117 Å². The predicted octanol–water partition coefficient (Wildman–Crippen LogP) is 6.03. The quantitative estimate of drug-likeness (QED) is 0.174. The molecule has 200 valence electrons. The summed E-state index contributed by atoms with van der Waals surface area (Å²) in [4.78, 5) is 24.6. The number of hydrogen-bond acceptors (Lipinski definition) is 6. The molecule has 8 nitrogen and oxygen atoms in total. The third kappa shape index (κ3) is 7.80. The molecule has 0 aliphatic carbocycles. The molecule has 39 heavy (non-hydrogen) atoms. The number of benzene rings is 4. The van der Waals surface area contributed by atoms with Gasteiger partial charge >= 0.3 is 0 Å². The van der Waals surface area contributed by atoms with Crippen LogP contribution < -0.4 is 20.1 Å². The highest BCUT2D eigenvalue weighted by Gasteiger charge is 2.12. The Bertz CT molecular complexity index is 1490. The maximum Gasteiger partial charge on any atom is 0.262 e. The second-order valence-electron chi connectivity index (χ2n) is 8.41. The van der Waals surface area contributed by atoms with Gasteiger partial charge in [0.15, 0.2) is 13.2 Å². The Morgan fingerprint density at radius 2 is 1.15 bits per heavy atom. The van der Waals surface area contributed by atoms with Crippen LogP contribution in [0.1, 0.15) is 11.1 Å². The SMILES string of the molecule is O=C(COc1ccccc1Cl)Nc1ccc(Cc2ccc(O)c(NC(=O)COc3ccccc3Cl)c2)cc1O. The number of halogens is 2. The highest BCUT2D eigenvalue weighted by Crippen LogP contribution is 2.29. The van der Waals surface area contributed by atoms with Crippen molar-refractivity contribution in [1.29, 1.82) is 0 Å². The number of ether oxygens (including phenoxy) is 2. The van der Waals surface area contributed by atoms with Crippen molar-refractivity contribution in [1.82, 2.24) is 0 Å². The molecule has 4 aromatic rings. The predicted molar refractivity (Wildman–Crippen MR) is 150 cm³/mol. The molecule has 0 radical (unpaired) electrons. The van der Waals surface area contributed by atoms with Gasteiger partial charge in [-0.1, -0.05) is 59.6 Å². The second-order valence-corrected chi connectivity index (χ2v) is 9.23. The highest BCUT2D eigenvalue weighted by atomic mass is 35.5. The summed E-state index contributed by atoms with van der Waals surface area (Å²) in [6, 6.07) is 23.2. The van der Waals surface area contributed by atoms with Crippen LogP contribution in [0.4, 0.5) is 11.4 Å². The highest BCUT2D eigenvalue weighted by molar-refractivity contribution is 6.32. The Labute approximate surface area is 234 Å². The zero-order chi connectivity index (χ0) is 27.8. The summed E-state index contributed by atoms with van der Waals surface area (Å²) in [5, 5.41) is 26.6. The van der Waals surface area contributed by atoms with Crippen molar-refractivity contribution in [3.8, 4) is 23.0 Å². The van der Waals surface area contributed by atoms with Crippen LogP contribution in [-0.2, 0) is 16.0 Å². The van der Waals surface area contributed by atoms with Crippen molar-refractivity contribution in [2.24, 2.45) is 0 Å². The van der Waals surface area contributed by atoms with Crippen molar-refractivity contribution < 1.29 is 29.3 Å². The lowest BCUT2D eigenvalue weighted by atomic mass is 10.0. The first-order valence-corrected chi connectivity index (χ1v) is 12.5. The van der Waals surface area contributed by atoms with Crippen LogP contribution in [-0.4, -0.2) is 35.2 Å². The van der Waals surface area contributed by atoms with E-state index in [0.29, 0.717) is 28.0 Å². The van der Waals surface area contributed by atoms with Crippen LogP contribution in [0.5, 0.6) is 23.0 Å². The van der Waals surface area contributed by atoms with E-state index < -0.39 is 11.8 Å². The van der Waals surface area contributed by atoms with E-state index >= 15 is 0 Å². The number of aromatic hydroxyl groups is 2. The van der Waals surface area contributed by atoms with E-state index in [4.69, 9.17) is 32.7 Å². The van der Waals surface area contributed by atoms with Crippen LogP contribution in [0.2, 0.25) is 10.0 Å². The Hall–Kier alpha value is -4.40. The number of phenolic OH excluding ortho intramolecular Hbond substituents is 2. The molecule has 2 amide bonds. The summed E-state index contributed by atoms with van der Waals surface area (Å²) < 4.78 is 10.8. The summed E-state index contributed by atoms with van der Waals surface area (Å²) in [7, 11) is 0. The lowest BCUT2D eigenvalue weighted by Crippen LogP contribution is -2.20. The minimum Gasteiger partial charge on any atom is -0.506 e. The fourth-order valence-electron chi connectivity index (χ4n) is 3.60. The molecular weight excluding hydrogens is 543 g/mol. The monoisotopic (exact) mass is 566 g/mol. The molecule has 4 N–H and O–H groups in total.